The van der Waals surface area contributed by atoms with E-state index in [1.165, 1.54) is 29.4 Å². The molecule has 5 nitrogen and oxygen atoms in total. The highest BCUT2D eigenvalue weighted by molar-refractivity contribution is 7.83. The lowest BCUT2D eigenvalue weighted by Gasteiger charge is -2.36. The van der Waals surface area contributed by atoms with E-state index < -0.39 is 17.4 Å². The van der Waals surface area contributed by atoms with E-state index in [9.17, 15) is 13.0 Å². The highest BCUT2D eigenvalue weighted by Crippen LogP contribution is 2.36. The number of methoxy groups -OCH3 is 1. The maximum atomic E-state index is 13.6. The van der Waals surface area contributed by atoms with Gasteiger partial charge in [-0.1, -0.05) is 17.7 Å². The van der Waals surface area contributed by atoms with Crippen LogP contribution < -0.4 is 9.64 Å². The molecule has 3 aromatic rings. The monoisotopic (exact) mass is 529 g/mol. The Hall–Kier alpha value is -1.87. The summed E-state index contributed by atoms with van der Waals surface area (Å²) in [6.07, 6.45) is 2.63. The number of anilines is 1. The average Bonchev–Trinajstić information content (AvgIpc) is 3.65. The summed E-state index contributed by atoms with van der Waals surface area (Å²) >= 11 is 10.7. The Morgan fingerprint density at radius 3 is 2.38 bits per heavy atom. The van der Waals surface area contributed by atoms with Crippen molar-refractivity contribution in [3.05, 3.63) is 53.2 Å². The van der Waals surface area contributed by atoms with Crippen molar-refractivity contribution < 1.29 is 17.7 Å². The van der Waals surface area contributed by atoms with E-state index in [0.717, 1.165) is 37.9 Å². The molecule has 1 aromatic heterocycles. The van der Waals surface area contributed by atoms with Crippen LogP contribution in [0.2, 0.25) is 5.02 Å². The van der Waals surface area contributed by atoms with Crippen molar-refractivity contribution in [3.8, 4) is 5.75 Å². The van der Waals surface area contributed by atoms with Crippen LogP contribution in [-0.2, 0) is 11.0 Å². The van der Waals surface area contributed by atoms with Crippen LogP contribution in [-0.4, -0.2) is 58.8 Å². The second kappa shape index (κ2) is 10.8. The standard InChI is InChI=1S/C23H24ClF2N3O2S.CH3Cl/c1-31-22-7-5-17(13-21(22)28-10-8-27(9-11-28)16-3-4-16)32(30)29-14-19(23(25)26)18-6-2-15(24)12-20(18)29;1-2/h2,5-7,12-14,16,23H,3-4,8-11H2,1H3;1H3. The molecule has 0 spiro atoms. The maximum Gasteiger partial charge on any atom is 0.265 e. The number of piperazine rings is 1. The van der Waals surface area contributed by atoms with Crippen LogP contribution in [0.5, 0.6) is 5.75 Å². The molecule has 1 aliphatic heterocycles. The van der Waals surface area contributed by atoms with Gasteiger partial charge in [0.25, 0.3) is 6.43 Å². The summed E-state index contributed by atoms with van der Waals surface area (Å²) in [4.78, 5) is 5.28. The van der Waals surface area contributed by atoms with Crippen LogP contribution in [0.25, 0.3) is 10.9 Å². The van der Waals surface area contributed by atoms with Gasteiger partial charge >= 0.3 is 0 Å². The summed E-state index contributed by atoms with van der Waals surface area (Å²) in [5, 5.41) is 0.751. The van der Waals surface area contributed by atoms with E-state index in [1.54, 1.807) is 37.4 Å². The molecule has 0 N–H and O–H groups in total. The summed E-state index contributed by atoms with van der Waals surface area (Å²) in [6.45, 7) is 3.69. The fraction of sp³-hybridized carbons (Fsp3) is 0.417. The lowest BCUT2D eigenvalue weighted by Crippen LogP contribution is -2.47. The minimum atomic E-state index is -2.67. The van der Waals surface area contributed by atoms with Crippen molar-refractivity contribution in [1.82, 2.24) is 8.87 Å². The van der Waals surface area contributed by atoms with E-state index in [0.29, 0.717) is 26.6 Å². The summed E-state index contributed by atoms with van der Waals surface area (Å²) in [5.41, 5.74) is 1.13. The number of aromatic nitrogens is 1. The lowest BCUT2D eigenvalue weighted by molar-refractivity contribution is 0.153. The molecular weight excluding hydrogens is 503 g/mol. The smallest absolute Gasteiger partial charge is 0.265 e. The fourth-order valence-electron chi connectivity index (χ4n) is 4.41. The second-order valence-corrected chi connectivity index (χ2v) is 10.0. The first-order valence-corrected chi connectivity index (χ1v) is 13.3. The van der Waals surface area contributed by atoms with Crippen LogP contribution >= 0.6 is 23.2 Å². The van der Waals surface area contributed by atoms with Gasteiger partial charge in [0.15, 0.2) is 11.0 Å². The van der Waals surface area contributed by atoms with Gasteiger partial charge in [0, 0.05) is 60.8 Å². The van der Waals surface area contributed by atoms with Gasteiger partial charge in [-0.25, -0.2) is 13.0 Å². The second-order valence-electron chi connectivity index (χ2n) is 8.21. The first kappa shape index (κ1) is 25.2. The summed E-state index contributed by atoms with van der Waals surface area (Å²) in [7, 11) is -0.105. The molecule has 184 valence electrons. The van der Waals surface area contributed by atoms with Crippen molar-refractivity contribution in [3.63, 3.8) is 0 Å². The molecule has 34 heavy (non-hydrogen) atoms. The van der Waals surface area contributed by atoms with Gasteiger partial charge in [-0.05, 0) is 43.2 Å². The molecule has 1 atom stereocenters. The predicted molar refractivity (Wildman–Crippen MR) is 135 cm³/mol. The summed E-state index contributed by atoms with van der Waals surface area (Å²) in [6, 6.07) is 10.8. The van der Waals surface area contributed by atoms with Crippen molar-refractivity contribution in [2.45, 2.75) is 30.2 Å². The molecule has 2 fully saturated rings. The molecule has 1 unspecified atom stereocenters. The van der Waals surface area contributed by atoms with E-state index in [4.69, 9.17) is 16.3 Å². The third kappa shape index (κ3) is 5.05. The Balaban J connectivity index is 0.00000133. The van der Waals surface area contributed by atoms with E-state index in [1.807, 2.05) is 6.07 Å². The number of alkyl halides is 3. The zero-order valence-electron chi connectivity index (χ0n) is 19.0. The molecule has 2 aliphatic rings. The fourth-order valence-corrected chi connectivity index (χ4v) is 5.74. The minimum Gasteiger partial charge on any atom is -0.495 e. The topological polar surface area (TPSA) is 37.7 Å². The Morgan fingerprint density at radius 2 is 1.76 bits per heavy atom. The third-order valence-corrected chi connectivity index (χ3v) is 7.80. The Morgan fingerprint density at radius 1 is 1.06 bits per heavy atom. The van der Waals surface area contributed by atoms with Crippen LogP contribution in [0.15, 0.2) is 47.5 Å². The van der Waals surface area contributed by atoms with Crippen LogP contribution in [0.1, 0.15) is 24.8 Å². The van der Waals surface area contributed by atoms with E-state index in [2.05, 4.69) is 21.4 Å². The van der Waals surface area contributed by atoms with E-state index in [-0.39, 0.29) is 5.56 Å². The van der Waals surface area contributed by atoms with Gasteiger partial charge in [0.1, 0.15) is 5.75 Å². The van der Waals surface area contributed by atoms with Crippen molar-refractivity contribution in [1.29, 1.82) is 0 Å². The molecular formula is C24H27Cl2F2N3O2S. The molecule has 0 amide bonds. The molecule has 1 saturated carbocycles. The lowest BCUT2D eigenvalue weighted by atomic mass is 10.2. The quantitative estimate of drug-likeness (QED) is 0.369. The Bertz CT molecular complexity index is 1180. The van der Waals surface area contributed by atoms with Gasteiger partial charge in [-0.2, -0.15) is 0 Å². The Labute approximate surface area is 210 Å². The molecule has 2 aromatic carbocycles. The zero-order valence-corrected chi connectivity index (χ0v) is 21.3. The van der Waals surface area contributed by atoms with Gasteiger partial charge < -0.3 is 9.64 Å². The summed E-state index contributed by atoms with van der Waals surface area (Å²) in [5.74, 6) is 0.708. The number of fused-ring (bicyclic) bond motifs is 1. The van der Waals surface area contributed by atoms with Gasteiger partial charge in [0.2, 0.25) is 0 Å². The molecule has 1 aliphatic carbocycles. The number of benzene rings is 2. The molecule has 1 saturated heterocycles. The van der Waals surface area contributed by atoms with Gasteiger partial charge in [-0.3, -0.25) is 8.87 Å². The first-order valence-electron chi connectivity index (χ1n) is 11.0. The molecule has 5 rings (SSSR count). The number of halogens is 4. The van der Waals surface area contributed by atoms with Crippen LogP contribution in [0.3, 0.4) is 0 Å². The maximum absolute atomic E-state index is 13.6. The number of hydrogen-bond donors (Lipinski definition) is 0. The molecule has 0 bridgehead atoms. The molecule has 10 heteroatoms. The zero-order chi connectivity index (χ0) is 24.4. The SMILES string of the molecule is CCl.COc1ccc(S(=O)n2cc(C(F)F)c3ccc(Cl)cc32)cc1N1CCN(C2CC2)CC1. The average molecular weight is 530 g/mol. The van der Waals surface area contributed by atoms with Crippen molar-refractivity contribution in [2.24, 2.45) is 0 Å². The largest absolute Gasteiger partial charge is 0.495 e. The minimum absolute atomic E-state index is 0.157. The van der Waals surface area contributed by atoms with E-state index >= 15 is 0 Å². The normalized spacial score (nSPS) is 17.6. The predicted octanol–water partition coefficient (Wildman–Crippen LogP) is 5.95. The van der Waals surface area contributed by atoms with Crippen LogP contribution in [0.4, 0.5) is 14.5 Å². The number of ether oxygens (including phenoxy) is 1. The van der Waals surface area contributed by atoms with Gasteiger partial charge in [0.05, 0.1) is 23.2 Å². The van der Waals surface area contributed by atoms with Gasteiger partial charge in [-0.15, -0.1) is 11.6 Å². The molecule has 0 radical (unpaired) electrons. The first-order chi connectivity index (χ1) is 16.5. The number of nitrogens with zero attached hydrogens (tertiary/aromatic N) is 3. The van der Waals surface area contributed by atoms with Crippen molar-refractivity contribution in [2.75, 3.05) is 44.6 Å². The Kier molecular flexibility index (Phi) is 8.02. The number of hydrogen-bond acceptors (Lipinski definition) is 4. The summed E-state index contributed by atoms with van der Waals surface area (Å²) < 4.78 is 47.7. The highest BCUT2D eigenvalue weighted by Gasteiger charge is 2.32. The third-order valence-electron chi connectivity index (χ3n) is 6.25. The van der Waals surface area contributed by atoms with Crippen molar-refractivity contribution >= 4 is 50.8 Å². The molecule has 2 heterocycles. The number of rotatable bonds is 6. The van der Waals surface area contributed by atoms with Crippen LogP contribution in [0, 0.1) is 0 Å². The highest BCUT2D eigenvalue weighted by atomic mass is 35.5.